The topological polar surface area (TPSA) is 47.0 Å². The Balaban J connectivity index is 1.57. The van der Waals surface area contributed by atoms with Gasteiger partial charge in [-0.25, -0.2) is 0 Å². The quantitative estimate of drug-likeness (QED) is 0.462. The Hall–Kier alpha value is -1.77. The zero-order chi connectivity index (χ0) is 23.8. The predicted octanol–water partition coefficient (Wildman–Crippen LogP) is 6.92. The number of Topliss-reactive ketones (excluding diaryl/α,β-unsaturated/α-hetero) is 2. The average molecular weight is 448 g/mol. The SMILES string of the molecule is CC(=O)[C@H]1CC[C@]2(C)[C@@H]1CC[C@@H]1[C@@]3(C)C/C(=C/c4ccncc4)C(=O)C(C)(C)[C@@H]3CC[C@]12C. The molecule has 4 fully saturated rings. The van der Waals surface area contributed by atoms with Gasteiger partial charge >= 0.3 is 0 Å². The second-order valence-electron chi connectivity index (χ2n) is 13.1. The first-order valence-electron chi connectivity index (χ1n) is 13.1. The van der Waals surface area contributed by atoms with Gasteiger partial charge < -0.3 is 0 Å². The molecule has 0 amide bonds. The number of carbonyl (C=O) groups excluding carboxylic acids is 2. The van der Waals surface area contributed by atoms with Crippen LogP contribution in [0.3, 0.4) is 0 Å². The van der Waals surface area contributed by atoms with E-state index in [1.807, 2.05) is 19.1 Å². The molecule has 0 bridgehead atoms. The summed E-state index contributed by atoms with van der Waals surface area (Å²) in [5.41, 5.74) is 2.27. The molecule has 4 aliphatic carbocycles. The van der Waals surface area contributed by atoms with E-state index in [2.05, 4.69) is 45.7 Å². The van der Waals surface area contributed by atoms with Gasteiger partial charge in [0, 0.05) is 23.7 Å². The lowest BCUT2D eigenvalue weighted by Crippen LogP contribution is -2.63. The highest BCUT2D eigenvalue weighted by molar-refractivity contribution is 6.04. The molecule has 4 saturated carbocycles. The van der Waals surface area contributed by atoms with E-state index in [9.17, 15) is 9.59 Å². The molecule has 33 heavy (non-hydrogen) atoms. The molecular weight excluding hydrogens is 406 g/mol. The number of hydrogen-bond acceptors (Lipinski definition) is 3. The van der Waals surface area contributed by atoms with Crippen molar-refractivity contribution in [3.63, 3.8) is 0 Å². The summed E-state index contributed by atoms with van der Waals surface area (Å²) in [5.74, 6) is 2.52. The molecule has 0 radical (unpaired) electrons. The van der Waals surface area contributed by atoms with Crippen LogP contribution in [0.25, 0.3) is 6.08 Å². The van der Waals surface area contributed by atoms with E-state index in [1.54, 1.807) is 12.4 Å². The van der Waals surface area contributed by atoms with Crippen LogP contribution in [0.5, 0.6) is 0 Å². The Bertz CT molecular complexity index is 1010. The Morgan fingerprint density at radius 3 is 2.27 bits per heavy atom. The Morgan fingerprint density at radius 2 is 1.61 bits per heavy atom. The molecule has 0 aromatic carbocycles. The van der Waals surface area contributed by atoms with Crippen molar-refractivity contribution < 1.29 is 9.59 Å². The highest BCUT2D eigenvalue weighted by atomic mass is 16.1. The van der Waals surface area contributed by atoms with Crippen LogP contribution in [0.2, 0.25) is 0 Å². The van der Waals surface area contributed by atoms with Crippen molar-refractivity contribution >= 4 is 17.6 Å². The zero-order valence-electron chi connectivity index (χ0n) is 21.4. The largest absolute Gasteiger partial charge is 0.300 e. The second-order valence-corrected chi connectivity index (χ2v) is 13.1. The van der Waals surface area contributed by atoms with E-state index in [4.69, 9.17) is 0 Å². The minimum Gasteiger partial charge on any atom is -0.300 e. The Kier molecular flexibility index (Phi) is 5.13. The van der Waals surface area contributed by atoms with E-state index < -0.39 is 0 Å². The Morgan fingerprint density at radius 1 is 0.939 bits per heavy atom. The van der Waals surface area contributed by atoms with Crippen molar-refractivity contribution in [1.29, 1.82) is 0 Å². The lowest BCUT2D eigenvalue weighted by molar-refractivity contribution is -0.196. The maximum absolute atomic E-state index is 13.7. The van der Waals surface area contributed by atoms with Crippen molar-refractivity contribution in [2.45, 2.75) is 86.5 Å². The monoisotopic (exact) mass is 447 g/mol. The summed E-state index contributed by atoms with van der Waals surface area (Å²) in [5, 5.41) is 0. The summed E-state index contributed by atoms with van der Waals surface area (Å²) in [6.07, 6.45) is 13.5. The fourth-order valence-corrected chi connectivity index (χ4v) is 9.87. The molecule has 0 saturated heterocycles. The highest BCUT2D eigenvalue weighted by Gasteiger charge is 2.69. The van der Waals surface area contributed by atoms with Crippen LogP contribution in [0.4, 0.5) is 0 Å². The number of aromatic nitrogens is 1. The summed E-state index contributed by atoms with van der Waals surface area (Å²) >= 11 is 0. The molecule has 3 heteroatoms. The first-order chi connectivity index (χ1) is 15.4. The van der Waals surface area contributed by atoms with Crippen LogP contribution in [0, 0.1) is 45.3 Å². The number of pyridine rings is 1. The maximum Gasteiger partial charge on any atom is 0.164 e. The van der Waals surface area contributed by atoms with Gasteiger partial charge in [0.25, 0.3) is 0 Å². The predicted molar refractivity (Wildman–Crippen MR) is 132 cm³/mol. The van der Waals surface area contributed by atoms with Crippen LogP contribution < -0.4 is 0 Å². The number of carbonyl (C=O) groups is 2. The second kappa shape index (κ2) is 7.36. The van der Waals surface area contributed by atoms with E-state index >= 15 is 0 Å². The van der Waals surface area contributed by atoms with Gasteiger partial charge in [-0.2, -0.15) is 0 Å². The van der Waals surface area contributed by atoms with Gasteiger partial charge in [0.1, 0.15) is 5.78 Å². The molecule has 4 aliphatic rings. The van der Waals surface area contributed by atoms with Crippen molar-refractivity contribution in [1.82, 2.24) is 4.98 Å². The minimum atomic E-state index is -0.345. The molecule has 1 heterocycles. The zero-order valence-corrected chi connectivity index (χ0v) is 21.4. The van der Waals surface area contributed by atoms with Crippen LogP contribution in [-0.2, 0) is 9.59 Å². The molecule has 5 rings (SSSR count). The summed E-state index contributed by atoms with van der Waals surface area (Å²) in [6.45, 7) is 13.8. The molecule has 0 spiro atoms. The number of allylic oxidation sites excluding steroid dienone is 1. The summed E-state index contributed by atoms with van der Waals surface area (Å²) < 4.78 is 0. The van der Waals surface area contributed by atoms with E-state index in [1.165, 1.54) is 25.7 Å². The molecule has 178 valence electrons. The van der Waals surface area contributed by atoms with Crippen LogP contribution in [0.1, 0.15) is 92.1 Å². The lowest BCUT2D eigenvalue weighted by atomic mass is 9.35. The molecule has 0 unspecified atom stereocenters. The molecular formula is C30H41NO2. The average Bonchev–Trinajstić information content (AvgIpc) is 3.11. The minimum absolute atomic E-state index is 0.103. The number of hydrogen-bond donors (Lipinski definition) is 0. The summed E-state index contributed by atoms with van der Waals surface area (Å²) in [6, 6.07) is 4.00. The smallest absolute Gasteiger partial charge is 0.164 e. The number of nitrogens with zero attached hydrogens (tertiary/aromatic N) is 1. The third kappa shape index (κ3) is 3.03. The maximum atomic E-state index is 13.7. The number of rotatable bonds is 2. The van der Waals surface area contributed by atoms with Crippen LogP contribution >= 0.6 is 0 Å². The van der Waals surface area contributed by atoms with E-state index in [0.29, 0.717) is 29.3 Å². The lowest BCUT2D eigenvalue weighted by Gasteiger charge is -2.69. The van der Waals surface area contributed by atoms with Gasteiger partial charge in [0.05, 0.1) is 0 Å². The first-order valence-corrected chi connectivity index (χ1v) is 13.1. The van der Waals surface area contributed by atoms with Gasteiger partial charge in [0.15, 0.2) is 5.78 Å². The van der Waals surface area contributed by atoms with Crippen LogP contribution in [0.15, 0.2) is 30.1 Å². The summed E-state index contributed by atoms with van der Waals surface area (Å²) in [7, 11) is 0. The van der Waals surface area contributed by atoms with E-state index in [0.717, 1.165) is 30.4 Å². The number of ketones is 2. The molecule has 7 atom stereocenters. The Labute approximate surface area is 199 Å². The van der Waals surface area contributed by atoms with Crippen molar-refractivity contribution in [3.8, 4) is 0 Å². The number of fused-ring (bicyclic) bond motifs is 5. The van der Waals surface area contributed by atoms with Gasteiger partial charge in [-0.1, -0.05) is 34.6 Å². The van der Waals surface area contributed by atoms with Gasteiger partial charge in [0.2, 0.25) is 0 Å². The normalized spacial score (nSPS) is 45.3. The van der Waals surface area contributed by atoms with Gasteiger partial charge in [-0.3, -0.25) is 14.6 Å². The molecule has 0 N–H and O–H groups in total. The van der Waals surface area contributed by atoms with Crippen molar-refractivity contribution in [2.75, 3.05) is 0 Å². The third-order valence-corrected chi connectivity index (χ3v) is 11.6. The third-order valence-electron chi connectivity index (χ3n) is 11.6. The van der Waals surface area contributed by atoms with Crippen molar-refractivity contribution in [3.05, 3.63) is 35.7 Å². The fraction of sp³-hybridized carbons (Fsp3) is 0.700. The molecule has 3 nitrogen and oxygen atoms in total. The van der Waals surface area contributed by atoms with E-state index in [-0.39, 0.29) is 27.6 Å². The first kappa shape index (κ1) is 23.0. The highest BCUT2D eigenvalue weighted by Crippen LogP contribution is 2.75. The molecule has 0 aliphatic heterocycles. The van der Waals surface area contributed by atoms with Crippen molar-refractivity contribution in [2.24, 2.45) is 45.3 Å². The molecule has 1 aromatic heterocycles. The van der Waals surface area contributed by atoms with Gasteiger partial charge in [-0.05, 0) is 115 Å². The standard InChI is InChI=1S/C30H41NO2/c1-19(32)22-9-13-29(5)23(22)7-8-25-28(4)18-21(17-20-11-15-31-16-12-20)26(33)27(2,3)24(28)10-14-30(25,29)6/h11-12,15-17,22-25H,7-10,13-14,18H2,1-6H3/b21-17-/t22-,23-,24+,25-,28+,29-,30-/m1/s1. The fourth-order valence-electron chi connectivity index (χ4n) is 9.87. The summed E-state index contributed by atoms with van der Waals surface area (Å²) in [4.78, 5) is 30.4. The molecule has 1 aromatic rings. The van der Waals surface area contributed by atoms with Crippen LogP contribution in [-0.4, -0.2) is 16.6 Å². The van der Waals surface area contributed by atoms with Gasteiger partial charge in [-0.15, -0.1) is 0 Å².